The molecule has 1 aromatic heterocycles. The Hall–Kier alpha value is -1.14. The highest BCUT2D eigenvalue weighted by molar-refractivity contribution is 7.13. The molecule has 0 N–H and O–H groups in total. The minimum absolute atomic E-state index is 0.210. The fourth-order valence-electron chi connectivity index (χ4n) is 3.84. The average molecular weight is 321 g/mol. The number of anilines is 1. The number of thiazole rings is 1. The summed E-state index contributed by atoms with van der Waals surface area (Å²) in [6, 6.07) is 0. The Kier molecular flexibility index (Phi) is 3.82. The summed E-state index contributed by atoms with van der Waals surface area (Å²) >= 11 is 1.71. The fourth-order valence-corrected chi connectivity index (χ4v) is 4.71. The maximum atomic E-state index is 12.3. The summed E-state index contributed by atoms with van der Waals surface area (Å²) in [4.78, 5) is 21.4. The Morgan fingerprint density at radius 2 is 2.18 bits per heavy atom. The van der Waals surface area contributed by atoms with Gasteiger partial charge in [0.15, 0.2) is 5.13 Å². The smallest absolute Gasteiger partial charge is 0.222 e. The Labute approximate surface area is 135 Å². The van der Waals surface area contributed by atoms with E-state index in [2.05, 4.69) is 10.3 Å². The molecule has 0 aliphatic carbocycles. The van der Waals surface area contributed by atoms with Crippen molar-refractivity contribution in [2.45, 2.75) is 38.6 Å². The molecule has 1 spiro atoms. The van der Waals surface area contributed by atoms with Gasteiger partial charge >= 0.3 is 0 Å². The molecule has 1 amide bonds. The van der Waals surface area contributed by atoms with Crippen LogP contribution < -0.4 is 4.90 Å². The molecule has 0 radical (unpaired) electrons. The molecule has 0 bridgehead atoms. The average Bonchev–Trinajstić information content (AvgIpc) is 3.25. The fraction of sp³-hybridized carbons (Fsp3) is 0.750. The maximum absolute atomic E-state index is 12.3. The van der Waals surface area contributed by atoms with Crippen molar-refractivity contribution >= 4 is 22.4 Å². The minimum Gasteiger partial charge on any atom is -0.381 e. The lowest BCUT2D eigenvalue weighted by Gasteiger charge is -2.38. The van der Waals surface area contributed by atoms with Crippen molar-refractivity contribution in [3.8, 4) is 0 Å². The summed E-state index contributed by atoms with van der Waals surface area (Å²) in [6.45, 7) is 5.39. The van der Waals surface area contributed by atoms with E-state index in [9.17, 15) is 4.79 Å². The number of ether oxygens (including phenoxy) is 1. The number of amides is 1. The molecule has 6 heteroatoms. The van der Waals surface area contributed by atoms with Crippen LogP contribution in [0.15, 0.2) is 5.38 Å². The van der Waals surface area contributed by atoms with E-state index in [1.165, 1.54) is 12.8 Å². The van der Waals surface area contributed by atoms with Crippen LogP contribution in [0.3, 0.4) is 0 Å². The first kappa shape index (κ1) is 14.5. The monoisotopic (exact) mass is 321 g/mol. The Bertz CT molecular complexity index is 547. The zero-order valence-electron chi connectivity index (χ0n) is 12.9. The predicted octanol–water partition coefficient (Wildman–Crippen LogP) is 2.27. The van der Waals surface area contributed by atoms with Gasteiger partial charge in [-0.05, 0) is 25.7 Å². The standard InChI is InChI=1S/C16H23N3O2S/c20-14-3-4-16(5-8-21-12-16)11-19(14)9-13-10-22-15(17-13)18-6-1-2-7-18/h10H,1-9,11-12H2. The molecular weight excluding hydrogens is 298 g/mol. The molecule has 1 unspecified atom stereocenters. The van der Waals surface area contributed by atoms with Gasteiger partial charge in [0.05, 0.1) is 18.8 Å². The first-order valence-corrected chi connectivity index (χ1v) is 9.17. The number of nitrogens with zero attached hydrogens (tertiary/aromatic N) is 3. The topological polar surface area (TPSA) is 45.7 Å². The van der Waals surface area contributed by atoms with E-state index < -0.39 is 0 Å². The van der Waals surface area contributed by atoms with Crippen molar-refractivity contribution in [2.75, 3.05) is 37.7 Å². The third-order valence-electron chi connectivity index (χ3n) is 5.20. The van der Waals surface area contributed by atoms with Gasteiger partial charge in [-0.15, -0.1) is 11.3 Å². The third kappa shape index (κ3) is 2.74. The quantitative estimate of drug-likeness (QED) is 0.857. The number of carbonyl (C=O) groups is 1. The van der Waals surface area contributed by atoms with Crippen LogP contribution in [-0.2, 0) is 16.1 Å². The zero-order valence-corrected chi connectivity index (χ0v) is 13.7. The summed E-state index contributed by atoms with van der Waals surface area (Å²) in [7, 11) is 0. The lowest BCUT2D eigenvalue weighted by molar-refractivity contribution is -0.138. The molecule has 3 fully saturated rings. The van der Waals surface area contributed by atoms with Crippen LogP contribution in [0.25, 0.3) is 0 Å². The molecule has 0 aromatic carbocycles. The number of likely N-dealkylation sites (tertiary alicyclic amines) is 1. The van der Waals surface area contributed by atoms with Crippen molar-refractivity contribution in [2.24, 2.45) is 5.41 Å². The number of aromatic nitrogens is 1. The summed E-state index contributed by atoms with van der Waals surface area (Å²) in [5, 5.41) is 3.24. The normalized spacial score (nSPS) is 29.0. The van der Waals surface area contributed by atoms with Gasteiger partial charge in [-0.3, -0.25) is 4.79 Å². The SMILES string of the molecule is O=C1CCC2(CCOC2)CN1Cc1csc(N2CCCC2)n1. The second-order valence-corrected chi connectivity index (χ2v) is 7.70. The lowest BCUT2D eigenvalue weighted by Crippen LogP contribution is -2.46. The van der Waals surface area contributed by atoms with Gasteiger partial charge in [0.1, 0.15) is 0 Å². The van der Waals surface area contributed by atoms with Gasteiger partial charge in [0.25, 0.3) is 0 Å². The summed E-state index contributed by atoms with van der Waals surface area (Å²) < 4.78 is 5.58. The minimum atomic E-state index is 0.210. The zero-order chi connectivity index (χ0) is 15.0. The molecule has 1 aromatic rings. The molecule has 1 atom stereocenters. The molecule has 0 saturated carbocycles. The molecule has 4 heterocycles. The molecule has 22 heavy (non-hydrogen) atoms. The largest absolute Gasteiger partial charge is 0.381 e. The van der Waals surface area contributed by atoms with Gasteiger partial charge in [-0.2, -0.15) is 0 Å². The van der Waals surface area contributed by atoms with Crippen LogP contribution in [0, 0.1) is 5.41 Å². The molecular formula is C16H23N3O2S. The van der Waals surface area contributed by atoms with Crippen molar-refractivity contribution in [1.82, 2.24) is 9.88 Å². The molecule has 5 nitrogen and oxygen atoms in total. The highest BCUT2D eigenvalue weighted by atomic mass is 32.1. The van der Waals surface area contributed by atoms with Gasteiger partial charge in [-0.1, -0.05) is 0 Å². The van der Waals surface area contributed by atoms with E-state index in [0.717, 1.165) is 56.5 Å². The van der Waals surface area contributed by atoms with E-state index in [1.54, 1.807) is 11.3 Å². The van der Waals surface area contributed by atoms with E-state index in [0.29, 0.717) is 13.0 Å². The second kappa shape index (κ2) is 5.81. The van der Waals surface area contributed by atoms with Crippen molar-refractivity contribution < 1.29 is 9.53 Å². The highest BCUT2D eigenvalue weighted by Crippen LogP contribution is 2.38. The predicted molar refractivity (Wildman–Crippen MR) is 86.1 cm³/mol. The molecule has 4 rings (SSSR count). The van der Waals surface area contributed by atoms with Crippen LogP contribution in [0.5, 0.6) is 0 Å². The Morgan fingerprint density at radius 3 is 2.95 bits per heavy atom. The number of piperidine rings is 1. The molecule has 3 aliphatic heterocycles. The molecule has 3 saturated heterocycles. The van der Waals surface area contributed by atoms with Crippen molar-refractivity contribution in [1.29, 1.82) is 0 Å². The first-order chi connectivity index (χ1) is 10.7. The maximum Gasteiger partial charge on any atom is 0.222 e. The van der Waals surface area contributed by atoms with Crippen LogP contribution in [-0.4, -0.2) is 48.6 Å². The van der Waals surface area contributed by atoms with Crippen LogP contribution in [0.4, 0.5) is 5.13 Å². The van der Waals surface area contributed by atoms with Gasteiger partial charge < -0.3 is 14.5 Å². The first-order valence-electron chi connectivity index (χ1n) is 8.29. The van der Waals surface area contributed by atoms with E-state index in [1.807, 2.05) is 4.90 Å². The van der Waals surface area contributed by atoms with E-state index in [-0.39, 0.29) is 11.3 Å². The van der Waals surface area contributed by atoms with Crippen LogP contribution in [0.1, 0.15) is 37.8 Å². The summed E-state index contributed by atoms with van der Waals surface area (Å²) in [5.74, 6) is 0.272. The van der Waals surface area contributed by atoms with Gasteiger partial charge in [0, 0.05) is 43.5 Å². The van der Waals surface area contributed by atoms with Crippen LogP contribution >= 0.6 is 11.3 Å². The molecule has 120 valence electrons. The number of hydrogen-bond acceptors (Lipinski definition) is 5. The number of hydrogen-bond donors (Lipinski definition) is 0. The van der Waals surface area contributed by atoms with Crippen molar-refractivity contribution in [3.05, 3.63) is 11.1 Å². The third-order valence-corrected chi connectivity index (χ3v) is 6.15. The molecule has 3 aliphatic rings. The van der Waals surface area contributed by atoms with E-state index in [4.69, 9.17) is 9.72 Å². The number of carbonyl (C=O) groups excluding carboxylic acids is 1. The second-order valence-electron chi connectivity index (χ2n) is 6.87. The lowest BCUT2D eigenvalue weighted by atomic mass is 9.79. The van der Waals surface area contributed by atoms with E-state index >= 15 is 0 Å². The highest BCUT2D eigenvalue weighted by Gasteiger charge is 2.41. The Balaban J connectivity index is 1.44. The summed E-state index contributed by atoms with van der Waals surface area (Å²) in [6.07, 6.45) is 5.27. The van der Waals surface area contributed by atoms with Crippen LogP contribution in [0.2, 0.25) is 0 Å². The van der Waals surface area contributed by atoms with Gasteiger partial charge in [-0.25, -0.2) is 4.98 Å². The summed E-state index contributed by atoms with van der Waals surface area (Å²) in [5.41, 5.74) is 1.25. The Morgan fingerprint density at radius 1 is 1.32 bits per heavy atom. The van der Waals surface area contributed by atoms with Crippen molar-refractivity contribution in [3.63, 3.8) is 0 Å². The van der Waals surface area contributed by atoms with Gasteiger partial charge in [0.2, 0.25) is 5.91 Å². The number of rotatable bonds is 3.